The van der Waals surface area contributed by atoms with Crippen molar-refractivity contribution in [1.29, 1.82) is 0 Å². The molecule has 0 saturated heterocycles. The molecule has 4 heteroatoms. The standard InChI is InChI=1S/C12H13Cl3O/c1-2-3-4-9-5-7-10(8-6-9)11(16)12(13,14)15/h5-8H,2-4H2,1H3. The summed E-state index contributed by atoms with van der Waals surface area (Å²) < 4.78 is -1.87. The topological polar surface area (TPSA) is 17.1 Å². The minimum atomic E-state index is -1.87. The maximum absolute atomic E-state index is 11.6. The highest BCUT2D eigenvalue weighted by Gasteiger charge is 2.31. The molecule has 16 heavy (non-hydrogen) atoms. The first-order valence-electron chi connectivity index (χ1n) is 5.15. The van der Waals surface area contributed by atoms with Crippen LogP contribution in [0, 0.1) is 0 Å². The van der Waals surface area contributed by atoms with Gasteiger partial charge in [0.15, 0.2) is 0 Å². The highest BCUT2D eigenvalue weighted by molar-refractivity contribution is 6.77. The molecule has 0 N–H and O–H groups in total. The van der Waals surface area contributed by atoms with Crippen LogP contribution in [0.15, 0.2) is 24.3 Å². The first-order chi connectivity index (χ1) is 7.45. The van der Waals surface area contributed by atoms with Gasteiger partial charge >= 0.3 is 0 Å². The van der Waals surface area contributed by atoms with Crippen LogP contribution in [0.25, 0.3) is 0 Å². The molecule has 1 nitrogen and oxygen atoms in total. The largest absolute Gasteiger partial charge is 0.289 e. The van der Waals surface area contributed by atoms with Gasteiger partial charge < -0.3 is 0 Å². The van der Waals surface area contributed by atoms with Gasteiger partial charge in [0, 0.05) is 5.56 Å². The van der Waals surface area contributed by atoms with Crippen molar-refractivity contribution in [3.63, 3.8) is 0 Å². The number of rotatable bonds is 4. The lowest BCUT2D eigenvalue weighted by Gasteiger charge is -2.09. The van der Waals surface area contributed by atoms with Crippen molar-refractivity contribution >= 4 is 40.6 Å². The van der Waals surface area contributed by atoms with Crippen molar-refractivity contribution in [3.8, 4) is 0 Å². The number of alkyl halides is 3. The zero-order chi connectivity index (χ0) is 12.2. The molecule has 0 saturated carbocycles. The molecule has 0 heterocycles. The van der Waals surface area contributed by atoms with Gasteiger partial charge in [-0.05, 0) is 18.4 Å². The summed E-state index contributed by atoms with van der Waals surface area (Å²) in [5.41, 5.74) is 1.63. The van der Waals surface area contributed by atoms with Gasteiger partial charge in [-0.25, -0.2) is 0 Å². The molecule has 0 amide bonds. The number of hydrogen-bond acceptors (Lipinski definition) is 1. The minimum Gasteiger partial charge on any atom is -0.289 e. The fraction of sp³-hybridized carbons (Fsp3) is 0.417. The van der Waals surface area contributed by atoms with Gasteiger partial charge in [0.2, 0.25) is 5.78 Å². The molecule has 0 bridgehead atoms. The second-order valence-electron chi connectivity index (χ2n) is 3.63. The quantitative estimate of drug-likeness (QED) is 0.582. The number of carbonyl (C=O) groups is 1. The van der Waals surface area contributed by atoms with E-state index in [2.05, 4.69) is 6.92 Å². The van der Waals surface area contributed by atoms with Crippen LogP contribution >= 0.6 is 34.8 Å². The lowest BCUT2D eigenvalue weighted by molar-refractivity contribution is 0.0996. The van der Waals surface area contributed by atoms with Gasteiger partial charge in [0.25, 0.3) is 3.79 Å². The van der Waals surface area contributed by atoms with Crippen LogP contribution in [-0.2, 0) is 6.42 Å². The summed E-state index contributed by atoms with van der Waals surface area (Å²) in [4.78, 5) is 11.6. The van der Waals surface area contributed by atoms with E-state index in [9.17, 15) is 4.79 Å². The molecule has 0 aromatic heterocycles. The van der Waals surface area contributed by atoms with Gasteiger partial charge in [-0.2, -0.15) is 0 Å². The van der Waals surface area contributed by atoms with Crippen molar-refractivity contribution in [1.82, 2.24) is 0 Å². The van der Waals surface area contributed by atoms with Crippen molar-refractivity contribution in [2.24, 2.45) is 0 Å². The molecule has 0 aliphatic heterocycles. The maximum Gasteiger partial charge on any atom is 0.253 e. The van der Waals surface area contributed by atoms with Gasteiger partial charge in [-0.15, -0.1) is 0 Å². The van der Waals surface area contributed by atoms with Gasteiger partial charge in [0.05, 0.1) is 0 Å². The fourth-order valence-corrected chi connectivity index (χ4v) is 1.69. The Morgan fingerprint density at radius 1 is 1.19 bits per heavy atom. The summed E-state index contributed by atoms with van der Waals surface area (Å²) >= 11 is 16.6. The number of carbonyl (C=O) groups excluding carboxylic acids is 1. The van der Waals surface area contributed by atoms with Gasteiger partial charge in [-0.3, -0.25) is 4.79 Å². The summed E-state index contributed by atoms with van der Waals surface area (Å²) in [7, 11) is 0. The Morgan fingerprint density at radius 3 is 2.19 bits per heavy atom. The van der Waals surface area contributed by atoms with Crippen molar-refractivity contribution in [2.75, 3.05) is 0 Å². The van der Waals surface area contributed by atoms with Crippen LogP contribution < -0.4 is 0 Å². The number of halogens is 3. The Morgan fingerprint density at radius 2 is 1.75 bits per heavy atom. The highest BCUT2D eigenvalue weighted by Crippen LogP contribution is 2.30. The van der Waals surface area contributed by atoms with Crippen molar-refractivity contribution in [3.05, 3.63) is 35.4 Å². The zero-order valence-electron chi connectivity index (χ0n) is 8.97. The number of benzene rings is 1. The second-order valence-corrected chi connectivity index (χ2v) is 5.91. The SMILES string of the molecule is CCCCc1ccc(C(=O)C(Cl)(Cl)Cl)cc1. The van der Waals surface area contributed by atoms with E-state index in [1.165, 1.54) is 5.56 Å². The third kappa shape index (κ3) is 3.97. The summed E-state index contributed by atoms with van der Waals surface area (Å²) in [5.74, 6) is -0.487. The van der Waals surface area contributed by atoms with Crippen LogP contribution in [0.1, 0.15) is 35.7 Å². The predicted octanol–water partition coefficient (Wildman–Crippen LogP) is 4.58. The Hall–Kier alpha value is -0.240. The molecule has 0 unspecified atom stereocenters. The molecular formula is C12H13Cl3O. The minimum absolute atomic E-state index is 0.431. The van der Waals surface area contributed by atoms with Crippen LogP contribution in [-0.4, -0.2) is 9.58 Å². The monoisotopic (exact) mass is 278 g/mol. The van der Waals surface area contributed by atoms with E-state index >= 15 is 0 Å². The molecule has 0 spiro atoms. The molecular weight excluding hydrogens is 266 g/mol. The average molecular weight is 280 g/mol. The predicted molar refractivity (Wildman–Crippen MR) is 69.7 cm³/mol. The normalized spacial score (nSPS) is 11.5. The second kappa shape index (κ2) is 5.90. The molecule has 0 atom stereocenters. The lowest BCUT2D eigenvalue weighted by atomic mass is 10.0. The molecule has 1 aromatic carbocycles. The Bertz CT molecular complexity index is 352. The van der Waals surface area contributed by atoms with E-state index in [-0.39, 0.29) is 0 Å². The summed E-state index contributed by atoms with van der Waals surface area (Å²) in [6.07, 6.45) is 3.30. The Kier molecular flexibility index (Phi) is 5.10. The molecule has 0 radical (unpaired) electrons. The van der Waals surface area contributed by atoms with Gasteiger partial charge in [-0.1, -0.05) is 72.4 Å². The van der Waals surface area contributed by atoms with E-state index in [0.717, 1.165) is 19.3 Å². The van der Waals surface area contributed by atoms with E-state index in [0.29, 0.717) is 5.56 Å². The van der Waals surface area contributed by atoms with Gasteiger partial charge in [0.1, 0.15) is 0 Å². The van der Waals surface area contributed by atoms with Crippen LogP contribution in [0.5, 0.6) is 0 Å². The van der Waals surface area contributed by atoms with Crippen molar-refractivity contribution in [2.45, 2.75) is 30.0 Å². The summed E-state index contributed by atoms with van der Waals surface area (Å²) in [6.45, 7) is 2.14. The third-order valence-corrected chi connectivity index (χ3v) is 2.81. The molecule has 1 rings (SSSR count). The van der Waals surface area contributed by atoms with Crippen LogP contribution in [0.2, 0.25) is 0 Å². The molecule has 1 aromatic rings. The molecule has 88 valence electrons. The average Bonchev–Trinajstić information content (AvgIpc) is 2.25. The first kappa shape index (κ1) is 13.8. The van der Waals surface area contributed by atoms with E-state index < -0.39 is 9.58 Å². The first-order valence-corrected chi connectivity index (χ1v) is 6.29. The van der Waals surface area contributed by atoms with E-state index in [1.54, 1.807) is 12.1 Å². The van der Waals surface area contributed by atoms with E-state index in [4.69, 9.17) is 34.8 Å². The fourth-order valence-electron chi connectivity index (χ4n) is 1.37. The number of ketones is 1. The third-order valence-electron chi connectivity index (χ3n) is 2.29. The highest BCUT2D eigenvalue weighted by atomic mass is 35.6. The Balaban J connectivity index is 2.75. The van der Waals surface area contributed by atoms with Crippen LogP contribution in [0.3, 0.4) is 0 Å². The number of unbranched alkanes of at least 4 members (excludes halogenated alkanes) is 1. The lowest BCUT2D eigenvalue weighted by Crippen LogP contribution is -2.18. The summed E-state index contributed by atoms with van der Waals surface area (Å²) in [6, 6.07) is 7.21. The molecule has 0 aliphatic carbocycles. The maximum atomic E-state index is 11.6. The number of hydrogen-bond donors (Lipinski definition) is 0. The van der Waals surface area contributed by atoms with Crippen LogP contribution in [0.4, 0.5) is 0 Å². The van der Waals surface area contributed by atoms with E-state index in [1.807, 2.05) is 12.1 Å². The Labute approximate surface area is 111 Å². The molecule has 0 fully saturated rings. The number of aryl methyl sites for hydroxylation is 1. The smallest absolute Gasteiger partial charge is 0.253 e. The summed E-state index contributed by atoms with van der Waals surface area (Å²) in [5, 5.41) is 0. The number of Topliss-reactive ketones (excluding diaryl/α,β-unsaturated/α-hetero) is 1. The molecule has 0 aliphatic rings. The van der Waals surface area contributed by atoms with Crippen molar-refractivity contribution < 1.29 is 4.79 Å². The zero-order valence-corrected chi connectivity index (χ0v) is 11.2.